The lowest BCUT2D eigenvalue weighted by Gasteiger charge is -2.07. The Hall–Kier alpha value is -1.63. The molecule has 7 heteroatoms. The van der Waals surface area contributed by atoms with Gasteiger partial charge in [-0.1, -0.05) is 6.07 Å². The predicted molar refractivity (Wildman–Crippen MR) is 53.6 cm³/mol. The van der Waals surface area contributed by atoms with Crippen molar-refractivity contribution in [1.82, 2.24) is 10.3 Å². The van der Waals surface area contributed by atoms with Crippen molar-refractivity contribution in [3.63, 3.8) is 0 Å². The van der Waals surface area contributed by atoms with Gasteiger partial charge >= 0.3 is 12.1 Å². The highest BCUT2D eigenvalue weighted by atomic mass is 19.4. The molecule has 1 aromatic rings. The summed E-state index contributed by atoms with van der Waals surface area (Å²) in [4.78, 5) is 14.3. The molecule has 0 saturated heterocycles. The van der Waals surface area contributed by atoms with Crippen LogP contribution in [0, 0.1) is 0 Å². The zero-order valence-corrected chi connectivity index (χ0v) is 8.79. The van der Waals surface area contributed by atoms with Crippen molar-refractivity contribution in [2.75, 3.05) is 6.54 Å². The van der Waals surface area contributed by atoms with Crippen LogP contribution in [0.3, 0.4) is 0 Å². The Labute approximate surface area is 95.5 Å². The zero-order chi connectivity index (χ0) is 12.9. The van der Waals surface area contributed by atoms with E-state index in [2.05, 4.69) is 10.3 Å². The fraction of sp³-hybridized carbons (Fsp3) is 0.400. The van der Waals surface area contributed by atoms with Gasteiger partial charge in [-0.05, 0) is 12.1 Å². The molecule has 94 valence electrons. The van der Waals surface area contributed by atoms with Crippen LogP contribution in [0.5, 0.6) is 0 Å². The van der Waals surface area contributed by atoms with Gasteiger partial charge in [0, 0.05) is 13.1 Å². The molecule has 0 unspecified atom stereocenters. The van der Waals surface area contributed by atoms with Crippen LogP contribution in [-0.4, -0.2) is 28.8 Å². The van der Waals surface area contributed by atoms with Crippen molar-refractivity contribution in [3.05, 3.63) is 29.6 Å². The molecule has 0 aromatic carbocycles. The Morgan fingerprint density at radius 3 is 2.71 bits per heavy atom. The monoisotopic (exact) mass is 248 g/mol. The third-order valence-electron chi connectivity index (χ3n) is 1.92. The highest BCUT2D eigenvalue weighted by molar-refractivity contribution is 5.85. The van der Waals surface area contributed by atoms with Gasteiger partial charge in [0.05, 0.1) is 12.1 Å². The molecule has 4 nitrogen and oxygen atoms in total. The van der Waals surface area contributed by atoms with Crippen LogP contribution >= 0.6 is 0 Å². The first kappa shape index (κ1) is 13.4. The first-order chi connectivity index (χ1) is 7.88. The number of carboxylic acid groups (broad SMARTS) is 1. The van der Waals surface area contributed by atoms with Crippen molar-refractivity contribution in [3.8, 4) is 0 Å². The van der Waals surface area contributed by atoms with Crippen molar-refractivity contribution in [2.24, 2.45) is 0 Å². The molecule has 1 aromatic heterocycles. The number of carboxylic acids is 1. The lowest BCUT2D eigenvalue weighted by Crippen LogP contribution is -2.22. The highest BCUT2D eigenvalue weighted by Crippen LogP contribution is 2.18. The van der Waals surface area contributed by atoms with Crippen LogP contribution in [0.4, 0.5) is 13.2 Å². The number of aromatic carboxylic acids is 1. The second-order valence-electron chi connectivity index (χ2n) is 3.36. The maximum atomic E-state index is 11.8. The third kappa shape index (κ3) is 5.30. The second kappa shape index (κ2) is 5.62. The van der Waals surface area contributed by atoms with E-state index in [1.54, 1.807) is 6.07 Å². The number of aromatic nitrogens is 1. The number of nitrogens with zero attached hydrogens (tertiary/aromatic N) is 1. The quantitative estimate of drug-likeness (QED) is 0.780. The summed E-state index contributed by atoms with van der Waals surface area (Å²) >= 11 is 0. The minimum atomic E-state index is -4.19. The maximum Gasteiger partial charge on any atom is 0.390 e. The molecule has 17 heavy (non-hydrogen) atoms. The van der Waals surface area contributed by atoms with Crippen LogP contribution in [-0.2, 0) is 6.54 Å². The molecule has 0 radical (unpaired) electrons. The van der Waals surface area contributed by atoms with Crippen LogP contribution in [0.1, 0.15) is 22.6 Å². The molecule has 0 atom stereocenters. The third-order valence-corrected chi connectivity index (χ3v) is 1.92. The molecule has 0 saturated carbocycles. The number of carbonyl (C=O) groups is 1. The van der Waals surface area contributed by atoms with Gasteiger partial charge in [0.1, 0.15) is 5.69 Å². The van der Waals surface area contributed by atoms with E-state index in [4.69, 9.17) is 5.11 Å². The Kier molecular flexibility index (Phi) is 4.45. The van der Waals surface area contributed by atoms with Gasteiger partial charge in [0.25, 0.3) is 0 Å². The summed E-state index contributed by atoms with van der Waals surface area (Å²) in [6.45, 7) is -0.111. The predicted octanol–water partition coefficient (Wildman–Crippen LogP) is 1.82. The average molecular weight is 248 g/mol. The van der Waals surface area contributed by atoms with Gasteiger partial charge in [-0.15, -0.1) is 0 Å². The van der Waals surface area contributed by atoms with Crippen molar-refractivity contribution >= 4 is 5.97 Å². The number of alkyl halides is 3. The van der Waals surface area contributed by atoms with Gasteiger partial charge < -0.3 is 10.4 Å². The smallest absolute Gasteiger partial charge is 0.390 e. The summed E-state index contributed by atoms with van der Waals surface area (Å²) in [6, 6.07) is 4.37. The number of hydrogen-bond acceptors (Lipinski definition) is 3. The zero-order valence-electron chi connectivity index (χ0n) is 8.79. The van der Waals surface area contributed by atoms with Crippen molar-refractivity contribution < 1.29 is 23.1 Å². The van der Waals surface area contributed by atoms with Crippen LogP contribution < -0.4 is 5.32 Å². The van der Waals surface area contributed by atoms with Gasteiger partial charge in [-0.3, -0.25) is 0 Å². The van der Waals surface area contributed by atoms with E-state index in [-0.39, 0.29) is 18.8 Å². The topological polar surface area (TPSA) is 62.2 Å². The molecular formula is C10H11F3N2O2. The fourth-order valence-electron chi connectivity index (χ4n) is 1.14. The molecule has 0 bridgehead atoms. The SMILES string of the molecule is O=C(O)c1cccc(CNCCC(F)(F)F)n1. The number of hydrogen-bond donors (Lipinski definition) is 2. The van der Waals surface area contributed by atoms with Gasteiger partial charge in [0.15, 0.2) is 0 Å². The van der Waals surface area contributed by atoms with Crippen molar-refractivity contribution in [1.29, 1.82) is 0 Å². The average Bonchev–Trinajstić information content (AvgIpc) is 2.23. The second-order valence-corrected chi connectivity index (χ2v) is 3.36. The normalized spacial score (nSPS) is 11.5. The number of nitrogens with one attached hydrogen (secondary N) is 1. The van der Waals surface area contributed by atoms with Crippen LogP contribution in [0.15, 0.2) is 18.2 Å². The number of rotatable bonds is 5. The highest BCUT2D eigenvalue weighted by Gasteiger charge is 2.25. The van der Waals surface area contributed by atoms with E-state index in [0.29, 0.717) is 5.69 Å². The summed E-state index contributed by atoms with van der Waals surface area (Å²) in [5, 5.41) is 11.2. The molecule has 0 amide bonds. The summed E-state index contributed by atoms with van der Waals surface area (Å²) in [7, 11) is 0. The molecule has 0 aliphatic rings. The van der Waals surface area contributed by atoms with Gasteiger partial charge in [-0.25, -0.2) is 9.78 Å². The molecular weight excluding hydrogens is 237 g/mol. The minimum Gasteiger partial charge on any atom is -0.477 e. The largest absolute Gasteiger partial charge is 0.477 e. The molecule has 0 aliphatic heterocycles. The first-order valence-corrected chi connectivity index (χ1v) is 4.85. The summed E-state index contributed by atoms with van der Waals surface area (Å²) in [5.74, 6) is -1.16. The molecule has 2 N–H and O–H groups in total. The number of pyridine rings is 1. The van der Waals surface area contributed by atoms with Gasteiger partial charge in [-0.2, -0.15) is 13.2 Å². The van der Waals surface area contributed by atoms with E-state index < -0.39 is 18.6 Å². The van der Waals surface area contributed by atoms with Crippen LogP contribution in [0.25, 0.3) is 0 Å². The molecule has 0 aliphatic carbocycles. The maximum absolute atomic E-state index is 11.8. The van der Waals surface area contributed by atoms with Crippen LogP contribution in [0.2, 0.25) is 0 Å². The van der Waals surface area contributed by atoms with E-state index in [1.807, 2.05) is 0 Å². The minimum absolute atomic E-state index is 0.108. The fourth-order valence-corrected chi connectivity index (χ4v) is 1.14. The summed E-state index contributed by atoms with van der Waals surface area (Å²) < 4.78 is 35.5. The lowest BCUT2D eigenvalue weighted by molar-refractivity contribution is -0.133. The van der Waals surface area contributed by atoms with E-state index in [9.17, 15) is 18.0 Å². The Morgan fingerprint density at radius 2 is 2.12 bits per heavy atom. The Morgan fingerprint density at radius 1 is 1.41 bits per heavy atom. The Balaban J connectivity index is 2.42. The number of halogens is 3. The summed E-state index contributed by atoms with van der Waals surface area (Å²) in [5.41, 5.74) is 0.271. The van der Waals surface area contributed by atoms with E-state index in [0.717, 1.165) is 0 Å². The Bertz CT molecular complexity index is 393. The first-order valence-electron chi connectivity index (χ1n) is 4.85. The lowest BCUT2D eigenvalue weighted by atomic mass is 10.3. The molecule has 0 spiro atoms. The summed E-state index contributed by atoms with van der Waals surface area (Å²) in [6.07, 6.45) is -5.12. The van der Waals surface area contributed by atoms with E-state index >= 15 is 0 Å². The van der Waals surface area contributed by atoms with Crippen molar-refractivity contribution in [2.45, 2.75) is 19.1 Å². The van der Waals surface area contributed by atoms with E-state index in [1.165, 1.54) is 12.1 Å². The van der Waals surface area contributed by atoms with Gasteiger partial charge in [0.2, 0.25) is 0 Å². The standard InChI is InChI=1S/C10H11F3N2O2/c11-10(12,13)4-5-14-6-7-2-1-3-8(15-7)9(16)17/h1-3,14H,4-6H2,(H,16,17). The molecule has 0 fully saturated rings. The molecule has 1 heterocycles. The molecule has 1 rings (SSSR count).